The lowest BCUT2D eigenvalue weighted by Crippen LogP contribution is -2.13. The molecule has 0 atom stereocenters. The Morgan fingerprint density at radius 2 is 2.41 bits per heavy atom. The molecule has 2 rings (SSSR count). The molecule has 6 heteroatoms. The lowest BCUT2D eigenvalue weighted by molar-refractivity contribution is -0.116. The summed E-state index contributed by atoms with van der Waals surface area (Å²) < 4.78 is 0. The van der Waals surface area contributed by atoms with Gasteiger partial charge in [-0.3, -0.25) is 20.2 Å². The van der Waals surface area contributed by atoms with Crippen LogP contribution in [0.5, 0.6) is 0 Å². The van der Waals surface area contributed by atoms with Crippen LogP contribution < -0.4 is 5.32 Å². The Bertz CT molecular complexity index is 494. The van der Waals surface area contributed by atoms with Gasteiger partial charge in [0.05, 0.1) is 0 Å². The first-order valence-corrected chi connectivity index (χ1v) is 5.32. The largest absolute Gasteiger partial charge is 0.293 e. The molecule has 2 heterocycles. The minimum absolute atomic E-state index is 0.104. The lowest BCUT2D eigenvalue weighted by atomic mass is 10.1. The van der Waals surface area contributed by atoms with Crippen LogP contribution in [0.1, 0.15) is 17.8 Å². The second-order valence-corrected chi connectivity index (χ2v) is 3.65. The number of pyridine rings is 1. The summed E-state index contributed by atoms with van der Waals surface area (Å²) in [6, 6.07) is 3.79. The van der Waals surface area contributed by atoms with Crippen molar-refractivity contribution in [2.75, 3.05) is 5.32 Å². The van der Waals surface area contributed by atoms with Crippen LogP contribution in [0.3, 0.4) is 0 Å². The van der Waals surface area contributed by atoms with Crippen molar-refractivity contribution in [3.63, 3.8) is 0 Å². The predicted octanol–water partition coefficient (Wildman–Crippen LogP) is 1.08. The van der Waals surface area contributed by atoms with Crippen LogP contribution in [-0.4, -0.2) is 26.1 Å². The van der Waals surface area contributed by atoms with Crippen LogP contribution in [0.2, 0.25) is 0 Å². The molecule has 0 aliphatic heterocycles. The van der Waals surface area contributed by atoms with Crippen LogP contribution in [0.15, 0.2) is 24.5 Å². The molecule has 0 saturated heterocycles. The molecule has 0 bridgehead atoms. The van der Waals surface area contributed by atoms with Crippen molar-refractivity contribution >= 4 is 11.9 Å². The summed E-state index contributed by atoms with van der Waals surface area (Å²) in [7, 11) is 0. The third-order valence-corrected chi connectivity index (χ3v) is 2.21. The Morgan fingerprint density at radius 3 is 3.06 bits per heavy atom. The maximum Gasteiger partial charge on any atom is 0.248 e. The van der Waals surface area contributed by atoms with Gasteiger partial charge in [-0.25, -0.2) is 0 Å². The van der Waals surface area contributed by atoms with Crippen LogP contribution >= 0.6 is 0 Å². The van der Waals surface area contributed by atoms with Crippen LogP contribution in [0.25, 0.3) is 0 Å². The van der Waals surface area contributed by atoms with Crippen molar-refractivity contribution in [1.82, 2.24) is 20.2 Å². The number of aromatic amines is 1. The van der Waals surface area contributed by atoms with Crippen molar-refractivity contribution in [2.24, 2.45) is 0 Å². The molecule has 1 amide bonds. The van der Waals surface area contributed by atoms with Crippen molar-refractivity contribution in [3.8, 4) is 0 Å². The SMILES string of the molecule is Cc1nc(NC(=O)CCc2cccnc2)n[nH]1. The smallest absolute Gasteiger partial charge is 0.248 e. The Hall–Kier alpha value is -2.24. The molecule has 2 aromatic heterocycles. The number of aromatic nitrogens is 4. The molecular formula is C11H13N5O. The van der Waals surface area contributed by atoms with E-state index in [1.165, 1.54) is 0 Å². The third-order valence-electron chi connectivity index (χ3n) is 2.21. The van der Waals surface area contributed by atoms with E-state index in [9.17, 15) is 4.79 Å². The molecule has 0 radical (unpaired) electrons. The number of nitrogens with zero attached hydrogens (tertiary/aromatic N) is 3. The minimum atomic E-state index is -0.104. The molecule has 0 fully saturated rings. The molecular weight excluding hydrogens is 218 g/mol. The number of hydrogen-bond donors (Lipinski definition) is 2. The summed E-state index contributed by atoms with van der Waals surface area (Å²) in [6.07, 6.45) is 4.51. The number of H-pyrrole nitrogens is 1. The van der Waals surface area contributed by atoms with Crippen LogP contribution in [0, 0.1) is 6.92 Å². The van der Waals surface area contributed by atoms with Gasteiger partial charge in [0.1, 0.15) is 5.82 Å². The summed E-state index contributed by atoms with van der Waals surface area (Å²) in [6.45, 7) is 1.78. The fraction of sp³-hybridized carbons (Fsp3) is 0.273. The average molecular weight is 231 g/mol. The maximum absolute atomic E-state index is 11.6. The first kappa shape index (κ1) is 11.3. The summed E-state index contributed by atoms with van der Waals surface area (Å²) >= 11 is 0. The molecule has 0 saturated carbocycles. The fourth-order valence-electron chi connectivity index (χ4n) is 1.39. The predicted molar refractivity (Wildman–Crippen MR) is 62.3 cm³/mol. The Labute approximate surface area is 98.5 Å². The van der Waals surface area contributed by atoms with E-state index < -0.39 is 0 Å². The quantitative estimate of drug-likeness (QED) is 0.824. The Kier molecular flexibility index (Phi) is 3.44. The molecule has 0 spiro atoms. The lowest BCUT2D eigenvalue weighted by Gasteiger charge is -2.00. The number of hydrogen-bond acceptors (Lipinski definition) is 4. The molecule has 0 aliphatic rings. The van der Waals surface area contributed by atoms with Crippen molar-refractivity contribution in [3.05, 3.63) is 35.9 Å². The zero-order chi connectivity index (χ0) is 12.1. The molecule has 0 aliphatic carbocycles. The number of aryl methyl sites for hydroxylation is 2. The van der Waals surface area contributed by atoms with Crippen molar-refractivity contribution in [1.29, 1.82) is 0 Å². The number of carbonyl (C=O) groups is 1. The van der Waals surface area contributed by atoms with Crippen molar-refractivity contribution in [2.45, 2.75) is 19.8 Å². The van der Waals surface area contributed by atoms with Gasteiger partial charge in [0.25, 0.3) is 0 Å². The van der Waals surface area contributed by atoms with Gasteiger partial charge in [0, 0.05) is 18.8 Å². The van der Waals surface area contributed by atoms with Crippen LogP contribution in [-0.2, 0) is 11.2 Å². The highest BCUT2D eigenvalue weighted by atomic mass is 16.1. The van der Waals surface area contributed by atoms with E-state index in [0.29, 0.717) is 24.6 Å². The molecule has 6 nitrogen and oxygen atoms in total. The van der Waals surface area contributed by atoms with E-state index in [4.69, 9.17) is 0 Å². The van der Waals surface area contributed by atoms with E-state index in [2.05, 4.69) is 25.5 Å². The summed E-state index contributed by atoms with van der Waals surface area (Å²) in [4.78, 5) is 19.6. The summed E-state index contributed by atoms with van der Waals surface area (Å²) in [5, 5.41) is 9.11. The molecule has 2 aromatic rings. The highest BCUT2D eigenvalue weighted by Gasteiger charge is 2.06. The summed E-state index contributed by atoms with van der Waals surface area (Å²) in [5.41, 5.74) is 1.04. The second kappa shape index (κ2) is 5.20. The van der Waals surface area contributed by atoms with Gasteiger partial charge in [0.15, 0.2) is 0 Å². The Morgan fingerprint density at radius 1 is 1.53 bits per heavy atom. The third kappa shape index (κ3) is 3.37. The van der Waals surface area contributed by atoms with E-state index in [0.717, 1.165) is 5.56 Å². The van der Waals surface area contributed by atoms with E-state index in [1.807, 2.05) is 12.1 Å². The van der Waals surface area contributed by atoms with E-state index in [1.54, 1.807) is 19.3 Å². The zero-order valence-corrected chi connectivity index (χ0v) is 9.47. The summed E-state index contributed by atoms with van der Waals surface area (Å²) in [5.74, 6) is 0.888. The molecule has 88 valence electrons. The topological polar surface area (TPSA) is 83.6 Å². The standard InChI is InChI=1S/C11H13N5O/c1-8-13-11(16-15-8)14-10(17)5-4-9-3-2-6-12-7-9/h2-3,6-7H,4-5H2,1H3,(H2,13,14,15,16,17). The first-order valence-electron chi connectivity index (χ1n) is 5.32. The van der Waals surface area contributed by atoms with E-state index >= 15 is 0 Å². The fourth-order valence-corrected chi connectivity index (χ4v) is 1.39. The van der Waals surface area contributed by atoms with Crippen LogP contribution in [0.4, 0.5) is 5.95 Å². The van der Waals surface area contributed by atoms with Gasteiger partial charge in [-0.15, -0.1) is 5.10 Å². The van der Waals surface area contributed by atoms with Gasteiger partial charge in [-0.1, -0.05) is 6.07 Å². The van der Waals surface area contributed by atoms with Gasteiger partial charge >= 0.3 is 0 Å². The molecule has 2 N–H and O–H groups in total. The van der Waals surface area contributed by atoms with Gasteiger partial charge in [0.2, 0.25) is 11.9 Å². The highest BCUT2D eigenvalue weighted by Crippen LogP contribution is 2.03. The monoisotopic (exact) mass is 231 g/mol. The Balaban J connectivity index is 1.82. The maximum atomic E-state index is 11.6. The van der Waals surface area contributed by atoms with Gasteiger partial charge in [-0.2, -0.15) is 4.98 Å². The van der Waals surface area contributed by atoms with Gasteiger partial charge < -0.3 is 0 Å². The molecule has 17 heavy (non-hydrogen) atoms. The van der Waals surface area contributed by atoms with E-state index in [-0.39, 0.29) is 5.91 Å². The van der Waals surface area contributed by atoms with Gasteiger partial charge in [-0.05, 0) is 25.0 Å². The number of amides is 1. The molecule has 0 aromatic carbocycles. The number of anilines is 1. The zero-order valence-electron chi connectivity index (χ0n) is 9.47. The minimum Gasteiger partial charge on any atom is -0.293 e. The number of nitrogens with one attached hydrogen (secondary N) is 2. The second-order valence-electron chi connectivity index (χ2n) is 3.65. The first-order chi connectivity index (χ1) is 8.24. The molecule has 0 unspecified atom stereocenters. The van der Waals surface area contributed by atoms with Crippen molar-refractivity contribution < 1.29 is 4.79 Å². The number of rotatable bonds is 4. The normalized spacial score (nSPS) is 10.2. The highest BCUT2D eigenvalue weighted by molar-refractivity contribution is 5.88. The number of carbonyl (C=O) groups excluding carboxylic acids is 1. The average Bonchev–Trinajstić information content (AvgIpc) is 2.73.